The molecule has 0 aromatic heterocycles. The Morgan fingerprint density at radius 3 is 2.50 bits per heavy atom. The summed E-state index contributed by atoms with van der Waals surface area (Å²) in [6.07, 6.45) is 1.91. The fourth-order valence-corrected chi connectivity index (χ4v) is 5.35. The maximum absolute atomic E-state index is 13.1. The fraction of sp³-hybridized carbons (Fsp3) is 0.381. The third-order valence-electron chi connectivity index (χ3n) is 5.44. The molecule has 1 amide bonds. The van der Waals surface area contributed by atoms with Gasteiger partial charge in [0.2, 0.25) is 15.9 Å². The van der Waals surface area contributed by atoms with Crippen molar-refractivity contribution < 1.29 is 13.2 Å². The van der Waals surface area contributed by atoms with Crippen molar-refractivity contribution in [3.8, 4) is 0 Å². The molecule has 1 saturated heterocycles. The molecule has 2 aliphatic rings. The smallest absolute Gasteiger partial charge is 0.243 e. The molecule has 0 radical (unpaired) electrons. The summed E-state index contributed by atoms with van der Waals surface area (Å²) in [5, 5.41) is 2.86. The number of rotatable bonds is 3. The van der Waals surface area contributed by atoms with Crippen LogP contribution in [0.25, 0.3) is 0 Å². The molecule has 2 heterocycles. The van der Waals surface area contributed by atoms with Gasteiger partial charge in [-0.1, -0.05) is 12.1 Å². The van der Waals surface area contributed by atoms with Crippen molar-refractivity contribution in [2.45, 2.75) is 31.1 Å². The first-order chi connectivity index (χ1) is 13.4. The molecule has 2 aromatic carbocycles. The van der Waals surface area contributed by atoms with E-state index < -0.39 is 10.0 Å². The minimum Gasteiger partial charge on any atom is -0.369 e. The van der Waals surface area contributed by atoms with Crippen LogP contribution in [0.1, 0.15) is 24.0 Å². The number of fused-ring (bicyclic) bond motifs is 1. The van der Waals surface area contributed by atoms with Gasteiger partial charge < -0.3 is 10.2 Å². The highest BCUT2D eigenvalue weighted by molar-refractivity contribution is 7.89. The van der Waals surface area contributed by atoms with E-state index in [1.807, 2.05) is 6.07 Å². The Morgan fingerprint density at radius 2 is 1.75 bits per heavy atom. The molecule has 0 spiro atoms. The summed E-state index contributed by atoms with van der Waals surface area (Å²) in [5.74, 6) is -0.0124. The highest BCUT2D eigenvalue weighted by atomic mass is 32.2. The molecular weight excluding hydrogens is 374 g/mol. The number of nitrogens with one attached hydrogen (secondary N) is 1. The van der Waals surface area contributed by atoms with E-state index >= 15 is 0 Å². The van der Waals surface area contributed by atoms with Crippen molar-refractivity contribution in [3.05, 3.63) is 53.6 Å². The second-order valence-corrected chi connectivity index (χ2v) is 9.39. The van der Waals surface area contributed by atoms with Gasteiger partial charge in [0.05, 0.1) is 4.90 Å². The summed E-state index contributed by atoms with van der Waals surface area (Å²) in [7, 11) is -3.54. The van der Waals surface area contributed by atoms with Gasteiger partial charge in [0.15, 0.2) is 0 Å². The molecule has 0 bridgehead atoms. The number of carbonyl (C=O) groups excluding carboxylic acids is 1. The van der Waals surface area contributed by atoms with E-state index in [9.17, 15) is 13.2 Å². The van der Waals surface area contributed by atoms with E-state index in [4.69, 9.17) is 0 Å². The molecule has 4 rings (SSSR count). The summed E-state index contributed by atoms with van der Waals surface area (Å²) < 4.78 is 27.8. The van der Waals surface area contributed by atoms with Gasteiger partial charge in [-0.15, -0.1) is 0 Å². The SMILES string of the molecule is Cc1cccc(N2CCN(S(=O)(=O)c3ccc4c(c3)CCCC(=O)N4)CC2)c1. The Balaban J connectivity index is 1.50. The normalized spacial score (nSPS) is 18.3. The average Bonchev–Trinajstić information content (AvgIpc) is 2.88. The Kier molecular flexibility index (Phi) is 5.12. The molecule has 0 atom stereocenters. The fourth-order valence-electron chi connectivity index (χ4n) is 3.87. The minimum absolute atomic E-state index is 0.0124. The maximum atomic E-state index is 13.1. The first kappa shape index (κ1) is 19.0. The van der Waals surface area contributed by atoms with Crippen molar-refractivity contribution >= 4 is 27.3 Å². The third kappa shape index (κ3) is 3.77. The number of benzene rings is 2. The molecule has 28 heavy (non-hydrogen) atoms. The van der Waals surface area contributed by atoms with Crippen LogP contribution in [0, 0.1) is 6.92 Å². The van der Waals surface area contributed by atoms with E-state index in [2.05, 4.69) is 35.3 Å². The number of hydrogen-bond acceptors (Lipinski definition) is 4. The summed E-state index contributed by atoms with van der Waals surface area (Å²) in [6.45, 7) is 4.33. The van der Waals surface area contributed by atoms with Crippen molar-refractivity contribution in [3.63, 3.8) is 0 Å². The van der Waals surface area contributed by atoms with E-state index in [0.29, 0.717) is 43.9 Å². The molecule has 7 heteroatoms. The first-order valence-corrected chi connectivity index (χ1v) is 11.1. The molecule has 1 fully saturated rings. The number of amides is 1. The molecule has 2 aromatic rings. The number of carbonyl (C=O) groups is 1. The molecule has 0 saturated carbocycles. The van der Waals surface area contributed by atoms with Gasteiger partial charge in [-0.25, -0.2) is 8.42 Å². The van der Waals surface area contributed by atoms with E-state index in [0.717, 1.165) is 23.4 Å². The maximum Gasteiger partial charge on any atom is 0.243 e. The first-order valence-electron chi connectivity index (χ1n) is 9.68. The van der Waals surface area contributed by atoms with E-state index in [1.54, 1.807) is 22.5 Å². The Labute approximate surface area is 166 Å². The largest absolute Gasteiger partial charge is 0.369 e. The number of aryl methyl sites for hydroxylation is 2. The summed E-state index contributed by atoms with van der Waals surface area (Å²) >= 11 is 0. The number of sulfonamides is 1. The molecule has 148 valence electrons. The quantitative estimate of drug-likeness (QED) is 0.862. The number of nitrogens with zero attached hydrogens (tertiary/aromatic N) is 2. The third-order valence-corrected chi connectivity index (χ3v) is 7.34. The van der Waals surface area contributed by atoms with Crippen molar-refractivity contribution in [1.29, 1.82) is 0 Å². The molecular formula is C21H25N3O3S. The lowest BCUT2D eigenvalue weighted by molar-refractivity contribution is -0.116. The van der Waals surface area contributed by atoms with Crippen LogP contribution in [0.3, 0.4) is 0 Å². The summed E-state index contributed by atoms with van der Waals surface area (Å²) in [6, 6.07) is 13.3. The molecule has 1 N–H and O–H groups in total. The Morgan fingerprint density at radius 1 is 0.964 bits per heavy atom. The minimum atomic E-state index is -3.54. The van der Waals surface area contributed by atoms with Gasteiger partial charge >= 0.3 is 0 Å². The molecule has 2 aliphatic heterocycles. The lowest BCUT2D eigenvalue weighted by atomic mass is 10.1. The lowest BCUT2D eigenvalue weighted by Crippen LogP contribution is -2.48. The van der Waals surface area contributed by atoms with Crippen LogP contribution in [-0.2, 0) is 21.2 Å². The van der Waals surface area contributed by atoms with Crippen molar-refractivity contribution in [2.24, 2.45) is 0 Å². The van der Waals surface area contributed by atoms with Crippen molar-refractivity contribution in [2.75, 3.05) is 36.4 Å². The molecule has 6 nitrogen and oxygen atoms in total. The Hall–Kier alpha value is -2.38. The van der Waals surface area contributed by atoms with Crippen LogP contribution < -0.4 is 10.2 Å². The topological polar surface area (TPSA) is 69.7 Å². The second-order valence-electron chi connectivity index (χ2n) is 7.45. The zero-order chi connectivity index (χ0) is 19.7. The lowest BCUT2D eigenvalue weighted by Gasteiger charge is -2.35. The predicted octanol–water partition coefficient (Wildman–Crippen LogP) is 2.78. The number of anilines is 2. The Bertz CT molecular complexity index is 996. The predicted molar refractivity (Wildman–Crippen MR) is 110 cm³/mol. The van der Waals surface area contributed by atoms with Gasteiger partial charge in [0.25, 0.3) is 0 Å². The van der Waals surface area contributed by atoms with Crippen LogP contribution in [0.5, 0.6) is 0 Å². The standard InChI is InChI=1S/C21H25N3O3S/c1-16-4-2-6-18(14-16)23-10-12-24(13-11-23)28(26,27)19-8-9-20-17(15-19)5-3-7-21(25)22-20/h2,4,6,8-9,14-15H,3,5,7,10-13H2,1H3,(H,22,25). The number of hydrogen-bond donors (Lipinski definition) is 1. The number of piperazine rings is 1. The zero-order valence-corrected chi connectivity index (χ0v) is 16.8. The van der Waals surface area contributed by atoms with Gasteiger partial charge in [-0.2, -0.15) is 4.31 Å². The zero-order valence-electron chi connectivity index (χ0n) is 16.0. The van der Waals surface area contributed by atoms with Crippen LogP contribution >= 0.6 is 0 Å². The molecule has 0 unspecified atom stereocenters. The van der Waals surface area contributed by atoms with E-state index in [-0.39, 0.29) is 5.91 Å². The monoisotopic (exact) mass is 399 g/mol. The van der Waals surface area contributed by atoms with Crippen LogP contribution in [0.4, 0.5) is 11.4 Å². The second kappa shape index (κ2) is 7.56. The highest BCUT2D eigenvalue weighted by Crippen LogP contribution is 2.28. The highest BCUT2D eigenvalue weighted by Gasteiger charge is 2.29. The van der Waals surface area contributed by atoms with E-state index in [1.165, 1.54) is 5.56 Å². The van der Waals surface area contributed by atoms with Crippen LogP contribution in [-0.4, -0.2) is 44.8 Å². The van der Waals surface area contributed by atoms with Gasteiger partial charge in [-0.3, -0.25) is 4.79 Å². The van der Waals surface area contributed by atoms with Crippen LogP contribution in [0.2, 0.25) is 0 Å². The van der Waals surface area contributed by atoms with Gasteiger partial charge in [0.1, 0.15) is 0 Å². The van der Waals surface area contributed by atoms with Crippen molar-refractivity contribution in [1.82, 2.24) is 4.31 Å². The molecule has 0 aliphatic carbocycles. The summed E-state index contributed by atoms with van der Waals surface area (Å²) in [4.78, 5) is 14.2. The van der Waals surface area contributed by atoms with Crippen LogP contribution in [0.15, 0.2) is 47.4 Å². The van der Waals surface area contributed by atoms with Gasteiger partial charge in [0, 0.05) is 44.0 Å². The average molecular weight is 400 g/mol. The summed E-state index contributed by atoms with van der Waals surface area (Å²) in [5.41, 5.74) is 3.96. The van der Waals surface area contributed by atoms with Gasteiger partial charge in [-0.05, 0) is 61.2 Å².